The fraction of sp³-hybridized carbons (Fsp3) is 1.00. The van der Waals surface area contributed by atoms with Crippen LogP contribution in [0.25, 0.3) is 0 Å². The van der Waals surface area contributed by atoms with Gasteiger partial charge in [-0.05, 0) is 61.6 Å². The SMILES string of the molecule is CCN(CC)CC[N+](C)(CC)C[N+](CC)(CC[N+](C)(CC)CC)CC[N+](CC)(CC)CC.[Br-]. The maximum absolute atomic E-state index is 2.60. The first-order chi connectivity index (χ1) is 15.0. The summed E-state index contributed by atoms with van der Waals surface area (Å²) in [5.41, 5.74) is 0. The normalized spacial score (nSPS) is 16.4. The number of halogens is 1. The molecule has 202 valence electrons. The second-order valence-corrected chi connectivity index (χ2v) is 10.9. The van der Waals surface area contributed by atoms with Crippen molar-refractivity contribution in [2.75, 3.05) is 119 Å². The molecule has 0 bridgehead atoms. The van der Waals surface area contributed by atoms with E-state index in [9.17, 15) is 0 Å². The Morgan fingerprint density at radius 3 is 1.21 bits per heavy atom. The number of nitrogens with zero attached hydrogens (tertiary/aromatic N) is 5. The summed E-state index contributed by atoms with van der Waals surface area (Å²) in [7, 11) is 4.99. The van der Waals surface area contributed by atoms with E-state index in [1.54, 1.807) is 0 Å². The van der Waals surface area contributed by atoms with Crippen LogP contribution in [0.2, 0.25) is 0 Å². The van der Waals surface area contributed by atoms with Crippen molar-refractivity contribution >= 4 is 0 Å². The second kappa shape index (κ2) is 16.9. The van der Waals surface area contributed by atoms with Gasteiger partial charge in [-0.1, -0.05) is 13.8 Å². The minimum Gasteiger partial charge on any atom is -1.00 e. The predicted molar refractivity (Wildman–Crippen MR) is 144 cm³/mol. The van der Waals surface area contributed by atoms with Gasteiger partial charge in [0.1, 0.15) is 26.2 Å². The van der Waals surface area contributed by atoms with Crippen molar-refractivity contribution in [3.05, 3.63) is 0 Å². The van der Waals surface area contributed by atoms with Gasteiger partial charge in [-0.25, -0.2) is 0 Å². The zero-order valence-corrected chi connectivity index (χ0v) is 26.5. The third-order valence-electron chi connectivity index (χ3n) is 9.63. The molecule has 0 aromatic rings. The molecule has 2 atom stereocenters. The molecular formula is C27H65BrN5+3. The van der Waals surface area contributed by atoms with Crippen LogP contribution in [0.1, 0.15) is 62.3 Å². The molecule has 0 fully saturated rings. The highest BCUT2D eigenvalue weighted by molar-refractivity contribution is 4.52. The molecule has 6 heteroatoms. The summed E-state index contributed by atoms with van der Waals surface area (Å²) < 4.78 is 4.93. The van der Waals surface area contributed by atoms with E-state index >= 15 is 0 Å². The Morgan fingerprint density at radius 2 is 0.848 bits per heavy atom. The van der Waals surface area contributed by atoms with E-state index in [1.165, 1.54) is 123 Å². The van der Waals surface area contributed by atoms with Crippen molar-refractivity contribution in [2.24, 2.45) is 0 Å². The van der Waals surface area contributed by atoms with E-state index in [1.807, 2.05) is 0 Å². The van der Waals surface area contributed by atoms with Crippen LogP contribution >= 0.6 is 0 Å². The summed E-state index contributed by atoms with van der Waals surface area (Å²) in [6.45, 7) is 41.5. The van der Waals surface area contributed by atoms with E-state index in [4.69, 9.17) is 0 Å². The zero-order chi connectivity index (χ0) is 24.9. The molecule has 2 unspecified atom stereocenters. The van der Waals surface area contributed by atoms with Crippen molar-refractivity contribution in [1.82, 2.24) is 4.90 Å². The summed E-state index contributed by atoms with van der Waals surface area (Å²) in [4.78, 5) is 2.60. The number of rotatable bonds is 20. The van der Waals surface area contributed by atoms with Gasteiger partial charge in [-0.3, -0.25) is 13.9 Å². The first kappa shape index (κ1) is 35.4. The summed E-state index contributed by atoms with van der Waals surface area (Å²) in [6.07, 6.45) is 0. The van der Waals surface area contributed by atoms with E-state index < -0.39 is 0 Å². The van der Waals surface area contributed by atoms with Crippen LogP contribution in [0, 0.1) is 0 Å². The molecule has 0 aliphatic rings. The third kappa shape index (κ3) is 11.3. The fourth-order valence-corrected chi connectivity index (χ4v) is 5.21. The maximum atomic E-state index is 2.60. The van der Waals surface area contributed by atoms with Crippen LogP contribution in [0.5, 0.6) is 0 Å². The van der Waals surface area contributed by atoms with Crippen LogP contribution in [-0.2, 0) is 0 Å². The lowest BCUT2D eigenvalue weighted by Gasteiger charge is -2.48. The largest absolute Gasteiger partial charge is 1.00 e. The van der Waals surface area contributed by atoms with Crippen molar-refractivity contribution < 1.29 is 34.9 Å². The summed E-state index contributed by atoms with van der Waals surface area (Å²) in [6, 6.07) is 0. The molecule has 0 radical (unpaired) electrons. The summed E-state index contributed by atoms with van der Waals surface area (Å²) in [5.74, 6) is 0. The Kier molecular flexibility index (Phi) is 18.1. The lowest BCUT2D eigenvalue weighted by atomic mass is 10.2. The average molecular weight is 540 g/mol. The van der Waals surface area contributed by atoms with Crippen LogP contribution in [0.3, 0.4) is 0 Å². The van der Waals surface area contributed by atoms with Crippen LogP contribution in [0.15, 0.2) is 0 Å². The predicted octanol–water partition coefficient (Wildman–Crippen LogP) is 0.956. The minimum atomic E-state index is 0. The number of quaternary nitrogens is 4. The topological polar surface area (TPSA) is 3.24 Å². The highest BCUT2D eigenvalue weighted by Gasteiger charge is 2.39. The van der Waals surface area contributed by atoms with Gasteiger partial charge < -0.3 is 25.9 Å². The lowest BCUT2D eigenvalue weighted by Crippen LogP contribution is -3.00. The first-order valence-electron chi connectivity index (χ1n) is 14.1. The number of hydrogen-bond acceptors (Lipinski definition) is 1. The van der Waals surface area contributed by atoms with Gasteiger partial charge in [-0.2, -0.15) is 0 Å². The van der Waals surface area contributed by atoms with Crippen molar-refractivity contribution in [2.45, 2.75) is 62.3 Å². The molecule has 0 heterocycles. The summed E-state index contributed by atoms with van der Waals surface area (Å²) >= 11 is 0. The average Bonchev–Trinajstić information content (AvgIpc) is 2.84. The molecule has 0 N–H and O–H groups in total. The standard InChI is InChI=1S/C27H65N5.BrH/c1-12-28(13-2)21-22-30(11,16-5)27-32(20-9,24-23-29(10,14-3)15-4)26-25-31(17-6,18-7)19-8;/h12-27H2,1-11H3;1H/q+4;/p-1. The molecule has 0 rings (SSSR count). The Bertz CT molecular complexity index is 469. The van der Waals surface area contributed by atoms with E-state index in [0.29, 0.717) is 0 Å². The molecule has 33 heavy (non-hydrogen) atoms. The smallest absolute Gasteiger partial charge is 0.207 e. The van der Waals surface area contributed by atoms with Gasteiger partial charge in [0.25, 0.3) is 0 Å². The molecular weight excluding hydrogens is 474 g/mol. The summed E-state index contributed by atoms with van der Waals surface area (Å²) in [5, 5.41) is 0. The zero-order valence-electron chi connectivity index (χ0n) is 24.9. The monoisotopic (exact) mass is 538 g/mol. The maximum Gasteiger partial charge on any atom is 0.207 e. The molecule has 0 saturated heterocycles. The van der Waals surface area contributed by atoms with Crippen molar-refractivity contribution in [3.8, 4) is 0 Å². The van der Waals surface area contributed by atoms with Gasteiger partial charge in [0.15, 0.2) is 0 Å². The highest BCUT2D eigenvalue weighted by Crippen LogP contribution is 2.19. The fourth-order valence-electron chi connectivity index (χ4n) is 5.21. The van der Waals surface area contributed by atoms with Gasteiger partial charge in [0.05, 0.1) is 66.5 Å². The molecule has 0 aliphatic carbocycles. The molecule has 0 amide bonds. The number of hydrogen-bond donors (Lipinski definition) is 0. The lowest BCUT2D eigenvalue weighted by molar-refractivity contribution is -1.10. The minimum absolute atomic E-state index is 0. The van der Waals surface area contributed by atoms with Crippen molar-refractivity contribution in [3.63, 3.8) is 0 Å². The Hall–Kier alpha value is 0.280. The van der Waals surface area contributed by atoms with E-state index in [2.05, 4.69) is 81.3 Å². The Morgan fingerprint density at radius 1 is 0.455 bits per heavy atom. The van der Waals surface area contributed by atoms with Gasteiger partial charge in [0.2, 0.25) is 6.67 Å². The van der Waals surface area contributed by atoms with Crippen LogP contribution < -0.4 is 17.0 Å². The molecule has 0 aliphatic heterocycles. The number of likely N-dealkylation sites (N-methyl/N-ethyl adjacent to an activating group) is 5. The van der Waals surface area contributed by atoms with Crippen LogP contribution in [0.4, 0.5) is 0 Å². The van der Waals surface area contributed by atoms with Crippen molar-refractivity contribution in [1.29, 1.82) is 0 Å². The Labute approximate surface area is 220 Å². The molecule has 0 saturated carbocycles. The Balaban J connectivity index is 0. The molecule has 0 aromatic carbocycles. The van der Waals surface area contributed by atoms with Gasteiger partial charge in [0, 0.05) is 6.54 Å². The highest BCUT2D eigenvalue weighted by atomic mass is 79.9. The molecule has 0 aromatic heterocycles. The van der Waals surface area contributed by atoms with Gasteiger partial charge >= 0.3 is 0 Å². The third-order valence-corrected chi connectivity index (χ3v) is 9.63. The quantitative estimate of drug-likeness (QED) is 0.165. The van der Waals surface area contributed by atoms with Crippen LogP contribution in [-0.4, -0.2) is 142 Å². The van der Waals surface area contributed by atoms with Gasteiger partial charge in [-0.15, -0.1) is 0 Å². The first-order valence-corrected chi connectivity index (χ1v) is 14.1. The second-order valence-electron chi connectivity index (χ2n) is 10.9. The van der Waals surface area contributed by atoms with E-state index in [-0.39, 0.29) is 17.0 Å². The molecule has 0 spiro atoms. The molecule has 5 nitrogen and oxygen atoms in total. The van der Waals surface area contributed by atoms with E-state index in [0.717, 1.165) is 0 Å².